The molecule has 0 bridgehead atoms. The molecule has 0 aromatic carbocycles. The van der Waals surface area contributed by atoms with Crippen molar-refractivity contribution in [2.75, 3.05) is 26.2 Å². The Balaban J connectivity index is 1.54. The quantitative estimate of drug-likeness (QED) is 0.633. The van der Waals surface area contributed by atoms with E-state index in [-0.39, 0.29) is 22.8 Å². The third-order valence-electron chi connectivity index (χ3n) is 6.87. The first-order valence-corrected chi connectivity index (χ1v) is 12.9. The van der Waals surface area contributed by atoms with Gasteiger partial charge in [0.1, 0.15) is 4.90 Å². The van der Waals surface area contributed by atoms with Crippen molar-refractivity contribution < 1.29 is 18.0 Å². The third kappa shape index (κ3) is 4.22. The number of rotatable bonds is 7. The number of pyridine rings is 1. The van der Waals surface area contributed by atoms with Gasteiger partial charge in [-0.1, -0.05) is 19.8 Å². The second kappa shape index (κ2) is 9.24. The van der Waals surface area contributed by atoms with Gasteiger partial charge >= 0.3 is 0 Å². The topological polar surface area (TPSA) is 90.9 Å². The van der Waals surface area contributed by atoms with Crippen molar-refractivity contribution in [2.45, 2.75) is 68.8 Å². The molecule has 4 heterocycles. The Morgan fingerprint density at radius 1 is 1.19 bits per heavy atom. The van der Waals surface area contributed by atoms with Gasteiger partial charge in [-0.2, -0.15) is 0 Å². The maximum Gasteiger partial charge on any atom is 0.268 e. The first-order chi connectivity index (χ1) is 14.9. The summed E-state index contributed by atoms with van der Waals surface area (Å²) in [6, 6.07) is 2.16. The highest BCUT2D eigenvalue weighted by Gasteiger charge is 2.58. The van der Waals surface area contributed by atoms with Crippen molar-refractivity contribution in [2.24, 2.45) is 5.92 Å². The number of amides is 2. The molecule has 9 heteroatoms. The van der Waals surface area contributed by atoms with Gasteiger partial charge in [0, 0.05) is 31.9 Å². The number of aromatic nitrogens is 1. The second-order valence-corrected chi connectivity index (χ2v) is 10.6. The summed E-state index contributed by atoms with van der Waals surface area (Å²) >= 11 is 0. The lowest BCUT2D eigenvalue weighted by atomic mass is 9.94. The molecule has 1 aromatic heterocycles. The Hall–Kier alpha value is -2.00. The molecule has 0 aliphatic carbocycles. The SMILES string of the molecule is CCC[C@H]1C(=O)N(S(=O)(=O)c2cccnc2)[C@H]2CCN(C(=O)CCN3CCCCC3)[C@H]12. The molecule has 1 aromatic rings. The number of carbonyl (C=O) groups excluding carboxylic acids is 2. The fourth-order valence-electron chi connectivity index (χ4n) is 5.40. The van der Waals surface area contributed by atoms with Crippen LogP contribution in [0.5, 0.6) is 0 Å². The standard InChI is InChI=1S/C22H32N4O4S/c1-2-7-18-21-19(26(22(18)28)31(29,30)17-8-6-11-23-16-17)9-15-25(21)20(27)10-14-24-12-4-3-5-13-24/h6,8,11,16,18-19,21H,2-5,7,9-10,12-15H2,1H3/t18-,19+,21-/m1/s1. The molecule has 31 heavy (non-hydrogen) atoms. The van der Waals surface area contributed by atoms with Crippen LogP contribution in [0.25, 0.3) is 0 Å². The number of sulfonamides is 1. The van der Waals surface area contributed by atoms with E-state index in [4.69, 9.17) is 0 Å². The van der Waals surface area contributed by atoms with E-state index >= 15 is 0 Å². The van der Waals surface area contributed by atoms with E-state index < -0.39 is 22.0 Å². The molecule has 2 amide bonds. The van der Waals surface area contributed by atoms with Crippen molar-refractivity contribution in [3.8, 4) is 0 Å². The minimum Gasteiger partial charge on any atom is -0.337 e. The van der Waals surface area contributed by atoms with E-state index in [9.17, 15) is 18.0 Å². The molecule has 0 unspecified atom stereocenters. The van der Waals surface area contributed by atoms with Crippen molar-refractivity contribution in [1.29, 1.82) is 0 Å². The minimum atomic E-state index is -4.00. The number of fused-ring (bicyclic) bond motifs is 1. The largest absolute Gasteiger partial charge is 0.337 e. The van der Waals surface area contributed by atoms with Crippen LogP contribution in [-0.4, -0.2) is 77.6 Å². The summed E-state index contributed by atoms with van der Waals surface area (Å²) in [5, 5.41) is 0. The molecule has 3 fully saturated rings. The molecular weight excluding hydrogens is 416 g/mol. The van der Waals surface area contributed by atoms with Crippen LogP contribution in [0.1, 0.15) is 51.9 Å². The molecule has 0 saturated carbocycles. The van der Waals surface area contributed by atoms with Gasteiger partial charge < -0.3 is 9.80 Å². The van der Waals surface area contributed by atoms with Crippen molar-refractivity contribution in [1.82, 2.24) is 19.1 Å². The third-order valence-corrected chi connectivity index (χ3v) is 8.68. The van der Waals surface area contributed by atoms with Gasteiger partial charge in [-0.05, 0) is 50.9 Å². The van der Waals surface area contributed by atoms with Crippen LogP contribution in [0.2, 0.25) is 0 Å². The Kier molecular flexibility index (Phi) is 6.62. The summed E-state index contributed by atoms with van der Waals surface area (Å²) in [7, 11) is -4.00. The van der Waals surface area contributed by atoms with E-state index in [2.05, 4.69) is 9.88 Å². The van der Waals surface area contributed by atoms with Gasteiger partial charge in [0.2, 0.25) is 11.8 Å². The van der Waals surface area contributed by atoms with Crippen LogP contribution in [0, 0.1) is 5.92 Å². The number of hydrogen-bond donors (Lipinski definition) is 0. The van der Waals surface area contributed by atoms with E-state index in [0.717, 1.165) is 30.4 Å². The average molecular weight is 449 g/mol. The number of piperidine rings is 1. The lowest BCUT2D eigenvalue weighted by Gasteiger charge is -2.30. The van der Waals surface area contributed by atoms with Crippen LogP contribution >= 0.6 is 0 Å². The van der Waals surface area contributed by atoms with Crippen molar-refractivity contribution in [3.63, 3.8) is 0 Å². The predicted octanol–water partition coefficient (Wildman–Crippen LogP) is 1.87. The number of hydrogen-bond acceptors (Lipinski definition) is 6. The highest BCUT2D eigenvalue weighted by molar-refractivity contribution is 7.89. The summed E-state index contributed by atoms with van der Waals surface area (Å²) in [6.07, 6.45) is 8.64. The number of nitrogens with zero attached hydrogens (tertiary/aromatic N) is 4. The van der Waals surface area contributed by atoms with Crippen LogP contribution in [0.4, 0.5) is 0 Å². The van der Waals surface area contributed by atoms with E-state index in [1.807, 2.05) is 6.92 Å². The summed E-state index contributed by atoms with van der Waals surface area (Å²) in [5.74, 6) is -0.815. The summed E-state index contributed by atoms with van der Waals surface area (Å²) in [5.41, 5.74) is 0. The first-order valence-electron chi connectivity index (χ1n) is 11.4. The van der Waals surface area contributed by atoms with Crippen LogP contribution in [0.15, 0.2) is 29.4 Å². The van der Waals surface area contributed by atoms with Crippen molar-refractivity contribution >= 4 is 21.8 Å². The smallest absolute Gasteiger partial charge is 0.268 e. The lowest BCUT2D eigenvalue weighted by molar-refractivity contribution is -0.134. The zero-order valence-electron chi connectivity index (χ0n) is 18.1. The molecule has 8 nitrogen and oxygen atoms in total. The monoisotopic (exact) mass is 448 g/mol. The molecule has 3 aliphatic heterocycles. The fourth-order valence-corrected chi connectivity index (χ4v) is 7.03. The lowest BCUT2D eigenvalue weighted by Crippen LogP contribution is -2.44. The molecule has 3 atom stereocenters. The van der Waals surface area contributed by atoms with Gasteiger partial charge in [0.15, 0.2) is 0 Å². The first kappa shape index (κ1) is 22.2. The zero-order chi connectivity index (χ0) is 22.0. The Morgan fingerprint density at radius 2 is 1.97 bits per heavy atom. The van der Waals surface area contributed by atoms with Crippen molar-refractivity contribution in [3.05, 3.63) is 24.5 Å². The Morgan fingerprint density at radius 3 is 2.65 bits per heavy atom. The van der Waals surface area contributed by atoms with E-state index in [1.165, 1.54) is 37.7 Å². The second-order valence-electron chi connectivity index (χ2n) is 8.81. The molecule has 170 valence electrons. The van der Waals surface area contributed by atoms with Gasteiger partial charge in [-0.25, -0.2) is 12.7 Å². The highest BCUT2D eigenvalue weighted by atomic mass is 32.2. The Labute approximate surface area is 184 Å². The number of likely N-dealkylation sites (tertiary alicyclic amines) is 2. The molecule has 4 rings (SSSR count). The van der Waals surface area contributed by atoms with Gasteiger partial charge in [0.25, 0.3) is 10.0 Å². The van der Waals surface area contributed by atoms with E-state index in [0.29, 0.717) is 25.8 Å². The summed E-state index contributed by atoms with van der Waals surface area (Å²) in [4.78, 5) is 34.5. The van der Waals surface area contributed by atoms with Gasteiger partial charge in [0.05, 0.1) is 18.0 Å². The predicted molar refractivity (Wildman–Crippen MR) is 115 cm³/mol. The van der Waals surface area contributed by atoms with Gasteiger partial charge in [-0.15, -0.1) is 0 Å². The maximum atomic E-state index is 13.3. The highest BCUT2D eigenvalue weighted by Crippen LogP contribution is 2.41. The normalized spacial score (nSPS) is 27.0. The number of carbonyl (C=O) groups is 2. The molecule has 3 aliphatic rings. The molecule has 3 saturated heterocycles. The van der Waals surface area contributed by atoms with E-state index in [1.54, 1.807) is 11.0 Å². The Bertz CT molecular complexity index is 901. The van der Waals surface area contributed by atoms with Gasteiger partial charge in [-0.3, -0.25) is 14.6 Å². The van der Waals surface area contributed by atoms with Crippen LogP contribution in [-0.2, 0) is 19.6 Å². The molecule has 0 N–H and O–H groups in total. The summed E-state index contributed by atoms with van der Waals surface area (Å²) < 4.78 is 27.7. The fraction of sp³-hybridized carbons (Fsp3) is 0.682. The summed E-state index contributed by atoms with van der Waals surface area (Å²) in [6.45, 7) is 5.29. The minimum absolute atomic E-state index is 0.0223. The maximum absolute atomic E-state index is 13.3. The average Bonchev–Trinajstić information content (AvgIpc) is 3.32. The molecule has 0 radical (unpaired) electrons. The molecule has 0 spiro atoms. The molecular formula is C22H32N4O4S. The zero-order valence-corrected chi connectivity index (χ0v) is 19.0. The van der Waals surface area contributed by atoms with Crippen LogP contribution in [0.3, 0.4) is 0 Å². The van der Waals surface area contributed by atoms with Crippen LogP contribution < -0.4 is 0 Å².